The lowest BCUT2D eigenvalue weighted by atomic mass is 10.1. The zero-order valence-corrected chi connectivity index (χ0v) is 20.5. The van der Waals surface area contributed by atoms with Crippen molar-refractivity contribution in [3.05, 3.63) is 112 Å². The molecule has 0 aliphatic carbocycles. The lowest BCUT2D eigenvalue weighted by molar-refractivity contribution is 0.102. The third kappa shape index (κ3) is 5.97. The number of hydrogen-bond acceptors (Lipinski definition) is 4. The standard InChI is InChI=1S/C28H24BrNO4/c1-19-7-6-10-24(15-19)34-23-13-11-22(12-14-23)30-28(31)21-16-25(29)27(26(17-21)32-2)33-18-20-8-4-3-5-9-20/h3-17H,18H2,1-2H3,(H,30,31). The second kappa shape index (κ2) is 10.9. The topological polar surface area (TPSA) is 56.8 Å². The van der Waals surface area contributed by atoms with E-state index in [0.717, 1.165) is 16.9 Å². The van der Waals surface area contributed by atoms with E-state index in [1.807, 2.05) is 73.7 Å². The predicted octanol–water partition coefficient (Wildman–Crippen LogP) is 7.39. The van der Waals surface area contributed by atoms with E-state index in [9.17, 15) is 4.79 Å². The van der Waals surface area contributed by atoms with Gasteiger partial charge in [0.2, 0.25) is 0 Å². The summed E-state index contributed by atoms with van der Waals surface area (Å²) in [5.41, 5.74) is 3.25. The predicted molar refractivity (Wildman–Crippen MR) is 137 cm³/mol. The lowest BCUT2D eigenvalue weighted by Gasteiger charge is -2.15. The molecule has 6 heteroatoms. The lowest BCUT2D eigenvalue weighted by Crippen LogP contribution is -2.12. The van der Waals surface area contributed by atoms with Crippen LogP contribution in [0.1, 0.15) is 21.5 Å². The van der Waals surface area contributed by atoms with E-state index < -0.39 is 0 Å². The highest BCUT2D eigenvalue weighted by Crippen LogP contribution is 2.37. The van der Waals surface area contributed by atoms with Crippen LogP contribution in [0.5, 0.6) is 23.0 Å². The fraction of sp³-hybridized carbons (Fsp3) is 0.107. The Labute approximate surface area is 207 Å². The number of anilines is 1. The molecule has 0 fully saturated rings. The highest BCUT2D eigenvalue weighted by molar-refractivity contribution is 9.10. The number of carbonyl (C=O) groups excluding carboxylic acids is 1. The maximum atomic E-state index is 12.9. The van der Waals surface area contributed by atoms with Crippen molar-refractivity contribution in [2.24, 2.45) is 0 Å². The second-order valence-electron chi connectivity index (χ2n) is 7.66. The Balaban J connectivity index is 1.43. The van der Waals surface area contributed by atoms with Gasteiger partial charge in [0.05, 0.1) is 11.6 Å². The van der Waals surface area contributed by atoms with Crippen LogP contribution < -0.4 is 19.5 Å². The molecule has 0 bridgehead atoms. The minimum atomic E-state index is -0.263. The van der Waals surface area contributed by atoms with Gasteiger partial charge in [-0.2, -0.15) is 0 Å². The number of halogens is 1. The minimum Gasteiger partial charge on any atom is -0.493 e. The molecule has 4 aromatic carbocycles. The molecule has 34 heavy (non-hydrogen) atoms. The number of carbonyl (C=O) groups is 1. The molecule has 0 aliphatic heterocycles. The largest absolute Gasteiger partial charge is 0.493 e. The summed E-state index contributed by atoms with van der Waals surface area (Å²) in [7, 11) is 1.55. The Hall–Kier alpha value is -3.77. The molecule has 0 spiro atoms. The van der Waals surface area contributed by atoms with Gasteiger partial charge in [-0.05, 0) is 82.5 Å². The molecule has 0 saturated heterocycles. The quantitative estimate of drug-likeness (QED) is 0.264. The van der Waals surface area contributed by atoms with Crippen LogP contribution in [0, 0.1) is 6.92 Å². The van der Waals surface area contributed by atoms with Gasteiger partial charge in [0.1, 0.15) is 18.1 Å². The number of aryl methyl sites for hydroxylation is 1. The summed E-state index contributed by atoms with van der Waals surface area (Å²) >= 11 is 3.51. The van der Waals surface area contributed by atoms with Gasteiger partial charge in [0, 0.05) is 11.3 Å². The third-order valence-electron chi connectivity index (χ3n) is 5.06. The molecule has 0 radical (unpaired) electrons. The van der Waals surface area contributed by atoms with Crippen molar-refractivity contribution < 1.29 is 19.0 Å². The molecule has 0 atom stereocenters. The van der Waals surface area contributed by atoms with E-state index in [2.05, 4.69) is 21.2 Å². The summed E-state index contributed by atoms with van der Waals surface area (Å²) in [6.45, 7) is 2.40. The van der Waals surface area contributed by atoms with E-state index in [4.69, 9.17) is 14.2 Å². The molecule has 0 aromatic heterocycles. The maximum Gasteiger partial charge on any atom is 0.255 e. The summed E-state index contributed by atoms with van der Waals surface area (Å²) < 4.78 is 17.9. The number of rotatable bonds is 8. The van der Waals surface area contributed by atoms with Gasteiger partial charge in [0.15, 0.2) is 11.5 Å². The molecule has 172 valence electrons. The zero-order chi connectivity index (χ0) is 23.9. The summed E-state index contributed by atoms with van der Waals surface area (Å²) in [5.74, 6) is 2.20. The Bertz CT molecular complexity index is 1270. The highest BCUT2D eigenvalue weighted by Gasteiger charge is 2.16. The normalized spacial score (nSPS) is 10.4. The molecule has 0 saturated carbocycles. The van der Waals surface area contributed by atoms with Crippen LogP contribution in [-0.2, 0) is 6.61 Å². The van der Waals surface area contributed by atoms with Crippen molar-refractivity contribution in [1.29, 1.82) is 0 Å². The Morgan fingerprint density at radius 2 is 1.65 bits per heavy atom. The van der Waals surface area contributed by atoms with Gasteiger partial charge in [0.25, 0.3) is 5.91 Å². The molecule has 4 rings (SSSR count). The number of benzene rings is 4. The van der Waals surface area contributed by atoms with E-state index in [1.165, 1.54) is 0 Å². The third-order valence-corrected chi connectivity index (χ3v) is 5.64. The summed E-state index contributed by atoms with van der Waals surface area (Å²) in [6.07, 6.45) is 0. The van der Waals surface area contributed by atoms with Crippen molar-refractivity contribution >= 4 is 27.5 Å². The van der Waals surface area contributed by atoms with Crippen LogP contribution in [0.2, 0.25) is 0 Å². The Morgan fingerprint density at radius 1 is 0.882 bits per heavy atom. The zero-order valence-electron chi connectivity index (χ0n) is 18.9. The second-order valence-corrected chi connectivity index (χ2v) is 8.52. The van der Waals surface area contributed by atoms with Gasteiger partial charge < -0.3 is 19.5 Å². The van der Waals surface area contributed by atoms with Crippen LogP contribution in [0.15, 0.2) is 95.5 Å². The van der Waals surface area contributed by atoms with Crippen molar-refractivity contribution in [2.75, 3.05) is 12.4 Å². The number of amides is 1. The summed E-state index contributed by atoms with van der Waals surface area (Å²) in [4.78, 5) is 12.9. The van der Waals surface area contributed by atoms with Crippen LogP contribution in [0.25, 0.3) is 0 Å². The van der Waals surface area contributed by atoms with Gasteiger partial charge in [-0.1, -0.05) is 42.5 Å². The average Bonchev–Trinajstić information content (AvgIpc) is 2.84. The maximum absolute atomic E-state index is 12.9. The van der Waals surface area contributed by atoms with E-state index >= 15 is 0 Å². The minimum absolute atomic E-state index is 0.263. The first-order valence-corrected chi connectivity index (χ1v) is 11.5. The fourth-order valence-corrected chi connectivity index (χ4v) is 3.90. The van der Waals surface area contributed by atoms with Gasteiger partial charge >= 0.3 is 0 Å². The first-order chi connectivity index (χ1) is 16.5. The highest BCUT2D eigenvalue weighted by atomic mass is 79.9. The van der Waals surface area contributed by atoms with Crippen LogP contribution in [0.4, 0.5) is 5.69 Å². The summed E-state index contributed by atoms with van der Waals surface area (Å²) in [6, 6.07) is 28.3. The monoisotopic (exact) mass is 517 g/mol. The fourth-order valence-electron chi connectivity index (χ4n) is 3.35. The molecular formula is C28H24BrNO4. The summed E-state index contributed by atoms with van der Waals surface area (Å²) in [5, 5.41) is 2.90. The number of methoxy groups -OCH3 is 1. The van der Waals surface area contributed by atoms with Crippen molar-refractivity contribution in [3.8, 4) is 23.0 Å². The van der Waals surface area contributed by atoms with Crippen molar-refractivity contribution in [3.63, 3.8) is 0 Å². The van der Waals surface area contributed by atoms with Crippen molar-refractivity contribution in [1.82, 2.24) is 0 Å². The molecule has 0 heterocycles. The van der Waals surface area contributed by atoms with Crippen molar-refractivity contribution in [2.45, 2.75) is 13.5 Å². The van der Waals surface area contributed by atoms with E-state index in [0.29, 0.717) is 39.6 Å². The van der Waals surface area contributed by atoms with Crippen LogP contribution in [0.3, 0.4) is 0 Å². The van der Waals surface area contributed by atoms with Gasteiger partial charge in [-0.25, -0.2) is 0 Å². The van der Waals surface area contributed by atoms with Gasteiger partial charge in [-0.3, -0.25) is 4.79 Å². The Morgan fingerprint density at radius 3 is 2.35 bits per heavy atom. The Kier molecular flexibility index (Phi) is 7.50. The average molecular weight is 518 g/mol. The SMILES string of the molecule is COc1cc(C(=O)Nc2ccc(Oc3cccc(C)c3)cc2)cc(Br)c1OCc1ccccc1. The smallest absolute Gasteiger partial charge is 0.255 e. The van der Waals surface area contributed by atoms with Gasteiger partial charge in [-0.15, -0.1) is 0 Å². The van der Waals surface area contributed by atoms with E-state index in [1.54, 1.807) is 31.4 Å². The first-order valence-electron chi connectivity index (χ1n) is 10.7. The number of ether oxygens (including phenoxy) is 3. The van der Waals surface area contributed by atoms with E-state index in [-0.39, 0.29) is 5.91 Å². The number of hydrogen-bond donors (Lipinski definition) is 1. The number of nitrogens with one attached hydrogen (secondary N) is 1. The molecule has 1 amide bonds. The molecule has 5 nitrogen and oxygen atoms in total. The molecule has 0 unspecified atom stereocenters. The molecule has 0 aliphatic rings. The van der Waals surface area contributed by atoms with Crippen LogP contribution >= 0.6 is 15.9 Å². The van der Waals surface area contributed by atoms with Crippen LogP contribution in [-0.4, -0.2) is 13.0 Å². The molecular weight excluding hydrogens is 494 g/mol. The molecule has 1 N–H and O–H groups in total. The first kappa shape index (κ1) is 23.4. The molecule has 4 aromatic rings.